The monoisotopic (exact) mass is 325 g/mol. The molecule has 0 saturated carbocycles. The fraction of sp³-hybridized carbons (Fsp3) is 0.333. The summed E-state index contributed by atoms with van der Waals surface area (Å²) in [5, 5.41) is 10.00. The number of benzene rings is 1. The molecule has 0 amide bonds. The maximum absolute atomic E-state index is 13.0. The average molecular weight is 326 g/mol. The molecule has 0 fully saturated rings. The number of nitrogens with zero attached hydrogens (tertiary/aromatic N) is 1. The van der Waals surface area contributed by atoms with Crippen LogP contribution in [0.4, 0.5) is 4.39 Å². The standard InChI is InChI=1S/C15H17BrFNO/c1-10(2)15(19)12-5-6-18(9-12)8-11-3-4-13(17)7-14(11)16/h3-7,9-10,15,19H,8H2,1-2H3. The largest absolute Gasteiger partial charge is 0.388 e. The predicted molar refractivity (Wildman–Crippen MR) is 77.4 cm³/mol. The van der Waals surface area contributed by atoms with E-state index in [2.05, 4.69) is 15.9 Å². The minimum atomic E-state index is -0.446. The summed E-state index contributed by atoms with van der Waals surface area (Å²) in [6.07, 6.45) is 3.41. The van der Waals surface area contributed by atoms with Gasteiger partial charge in [0.05, 0.1) is 6.10 Å². The number of aromatic nitrogens is 1. The van der Waals surface area contributed by atoms with Crippen LogP contribution in [0.1, 0.15) is 31.1 Å². The van der Waals surface area contributed by atoms with Gasteiger partial charge >= 0.3 is 0 Å². The second-order valence-corrected chi connectivity index (χ2v) is 5.90. The summed E-state index contributed by atoms with van der Waals surface area (Å²) in [6, 6.07) is 6.59. The summed E-state index contributed by atoms with van der Waals surface area (Å²) in [7, 11) is 0. The number of hydrogen-bond acceptors (Lipinski definition) is 1. The highest BCUT2D eigenvalue weighted by molar-refractivity contribution is 9.10. The molecule has 2 aromatic rings. The van der Waals surface area contributed by atoms with Gasteiger partial charge in [0.15, 0.2) is 0 Å². The second-order valence-electron chi connectivity index (χ2n) is 5.04. The molecule has 1 atom stereocenters. The molecule has 1 aromatic carbocycles. The van der Waals surface area contributed by atoms with Crippen molar-refractivity contribution >= 4 is 15.9 Å². The topological polar surface area (TPSA) is 25.2 Å². The van der Waals surface area contributed by atoms with E-state index in [0.717, 1.165) is 15.6 Å². The molecule has 0 saturated heterocycles. The fourth-order valence-electron chi connectivity index (χ4n) is 1.96. The van der Waals surface area contributed by atoms with Gasteiger partial charge in [-0.2, -0.15) is 0 Å². The van der Waals surface area contributed by atoms with Crippen molar-refractivity contribution in [2.75, 3.05) is 0 Å². The van der Waals surface area contributed by atoms with E-state index in [0.29, 0.717) is 6.54 Å². The molecule has 19 heavy (non-hydrogen) atoms. The number of rotatable bonds is 4. The first-order valence-corrected chi connectivity index (χ1v) is 7.04. The highest BCUT2D eigenvalue weighted by Crippen LogP contribution is 2.23. The molecular weight excluding hydrogens is 309 g/mol. The molecule has 102 valence electrons. The third-order valence-corrected chi connectivity index (χ3v) is 3.85. The number of aliphatic hydroxyl groups excluding tert-OH is 1. The van der Waals surface area contributed by atoms with E-state index < -0.39 is 6.10 Å². The van der Waals surface area contributed by atoms with E-state index in [1.54, 1.807) is 6.07 Å². The number of hydrogen-bond donors (Lipinski definition) is 1. The molecular formula is C15H17BrFNO. The Kier molecular flexibility index (Phi) is 4.42. The van der Waals surface area contributed by atoms with Crippen LogP contribution in [0.5, 0.6) is 0 Å². The lowest BCUT2D eigenvalue weighted by Gasteiger charge is -2.12. The molecule has 4 heteroatoms. The summed E-state index contributed by atoms with van der Waals surface area (Å²) < 4.78 is 15.8. The van der Waals surface area contributed by atoms with E-state index in [4.69, 9.17) is 0 Å². The highest BCUT2D eigenvalue weighted by Gasteiger charge is 2.13. The zero-order chi connectivity index (χ0) is 14.0. The number of aliphatic hydroxyl groups is 1. The van der Waals surface area contributed by atoms with Crippen LogP contribution >= 0.6 is 15.9 Å². The molecule has 1 aromatic heterocycles. The summed E-state index contributed by atoms with van der Waals surface area (Å²) in [5.74, 6) is -0.0625. The Hall–Kier alpha value is -1.13. The predicted octanol–water partition coefficient (Wildman–Crippen LogP) is 4.13. The van der Waals surface area contributed by atoms with Crippen molar-refractivity contribution in [2.24, 2.45) is 5.92 Å². The van der Waals surface area contributed by atoms with Gasteiger partial charge in [0.1, 0.15) is 5.82 Å². The maximum Gasteiger partial charge on any atom is 0.124 e. The summed E-state index contributed by atoms with van der Waals surface area (Å²) in [5.41, 5.74) is 1.91. The zero-order valence-electron chi connectivity index (χ0n) is 11.0. The average Bonchev–Trinajstić information content (AvgIpc) is 2.80. The van der Waals surface area contributed by atoms with E-state index in [1.165, 1.54) is 12.1 Å². The quantitative estimate of drug-likeness (QED) is 0.898. The summed E-state index contributed by atoms with van der Waals surface area (Å²) >= 11 is 3.36. The first kappa shape index (κ1) is 14.3. The lowest BCUT2D eigenvalue weighted by Crippen LogP contribution is -2.04. The summed E-state index contributed by atoms with van der Waals surface area (Å²) in [6.45, 7) is 4.61. The molecule has 1 N–H and O–H groups in total. The Labute approximate surface area is 121 Å². The smallest absolute Gasteiger partial charge is 0.124 e. The molecule has 1 unspecified atom stereocenters. The van der Waals surface area contributed by atoms with Crippen LogP contribution in [-0.4, -0.2) is 9.67 Å². The Morgan fingerprint density at radius 2 is 2.05 bits per heavy atom. The molecule has 1 heterocycles. The van der Waals surface area contributed by atoms with Gasteiger partial charge in [0.25, 0.3) is 0 Å². The lowest BCUT2D eigenvalue weighted by atomic mass is 10.0. The van der Waals surface area contributed by atoms with Crippen molar-refractivity contribution in [3.8, 4) is 0 Å². The Morgan fingerprint density at radius 1 is 1.32 bits per heavy atom. The molecule has 0 radical (unpaired) electrons. The minimum Gasteiger partial charge on any atom is -0.388 e. The highest BCUT2D eigenvalue weighted by atomic mass is 79.9. The molecule has 0 aliphatic rings. The van der Waals surface area contributed by atoms with Crippen molar-refractivity contribution in [1.82, 2.24) is 4.57 Å². The molecule has 2 nitrogen and oxygen atoms in total. The third kappa shape index (κ3) is 3.45. The molecule has 0 aliphatic carbocycles. The lowest BCUT2D eigenvalue weighted by molar-refractivity contribution is 0.127. The van der Waals surface area contributed by atoms with Crippen molar-refractivity contribution < 1.29 is 9.50 Å². The van der Waals surface area contributed by atoms with Crippen molar-refractivity contribution in [1.29, 1.82) is 0 Å². The van der Waals surface area contributed by atoms with Crippen LogP contribution in [0, 0.1) is 11.7 Å². The molecule has 2 rings (SSSR count). The van der Waals surface area contributed by atoms with Crippen LogP contribution in [0.15, 0.2) is 41.1 Å². The van der Waals surface area contributed by atoms with E-state index in [9.17, 15) is 9.50 Å². The SMILES string of the molecule is CC(C)C(O)c1ccn(Cc2ccc(F)cc2Br)c1. The van der Waals surface area contributed by atoms with Gasteiger partial charge in [0, 0.05) is 23.4 Å². The van der Waals surface area contributed by atoms with E-state index in [1.807, 2.05) is 36.9 Å². The fourth-order valence-corrected chi connectivity index (χ4v) is 2.44. The Balaban J connectivity index is 2.16. The van der Waals surface area contributed by atoms with Crippen LogP contribution in [0.3, 0.4) is 0 Å². The van der Waals surface area contributed by atoms with Crippen LogP contribution in [0.25, 0.3) is 0 Å². The van der Waals surface area contributed by atoms with Crippen LogP contribution in [-0.2, 0) is 6.54 Å². The van der Waals surface area contributed by atoms with Gasteiger partial charge in [0.2, 0.25) is 0 Å². The Bertz CT molecular complexity index is 565. The molecule has 0 aliphatic heterocycles. The maximum atomic E-state index is 13.0. The van der Waals surface area contributed by atoms with E-state index >= 15 is 0 Å². The Morgan fingerprint density at radius 3 is 2.68 bits per heavy atom. The van der Waals surface area contributed by atoms with Gasteiger partial charge in [-0.15, -0.1) is 0 Å². The third-order valence-electron chi connectivity index (χ3n) is 3.11. The first-order chi connectivity index (χ1) is 8.97. The van der Waals surface area contributed by atoms with Crippen molar-refractivity contribution in [3.63, 3.8) is 0 Å². The second kappa shape index (κ2) is 5.88. The summed E-state index contributed by atoms with van der Waals surface area (Å²) in [4.78, 5) is 0. The van der Waals surface area contributed by atoms with Gasteiger partial charge in [-0.25, -0.2) is 4.39 Å². The minimum absolute atomic E-state index is 0.188. The number of halogens is 2. The molecule has 0 spiro atoms. The van der Waals surface area contributed by atoms with Gasteiger partial charge in [-0.1, -0.05) is 35.8 Å². The zero-order valence-corrected chi connectivity index (χ0v) is 12.6. The van der Waals surface area contributed by atoms with Gasteiger partial charge in [-0.05, 0) is 35.2 Å². The van der Waals surface area contributed by atoms with Crippen LogP contribution in [0.2, 0.25) is 0 Å². The van der Waals surface area contributed by atoms with Crippen molar-refractivity contribution in [3.05, 3.63) is 58.1 Å². The first-order valence-electron chi connectivity index (χ1n) is 6.25. The molecule has 0 bridgehead atoms. The van der Waals surface area contributed by atoms with Crippen LogP contribution < -0.4 is 0 Å². The van der Waals surface area contributed by atoms with E-state index in [-0.39, 0.29) is 11.7 Å². The van der Waals surface area contributed by atoms with Crippen molar-refractivity contribution in [2.45, 2.75) is 26.5 Å². The van der Waals surface area contributed by atoms with Gasteiger partial charge in [-0.3, -0.25) is 0 Å². The normalized spacial score (nSPS) is 12.9. The van der Waals surface area contributed by atoms with Gasteiger partial charge < -0.3 is 9.67 Å².